The number of methoxy groups -OCH3 is 1. The van der Waals surface area contributed by atoms with Crippen LogP contribution in [0.2, 0.25) is 0 Å². The molecule has 0 radical (unpaired) electrons. The third-order valence-corrected chi connectivity index (χ3v) is 4.66. The van der Waals surface area contributed by atoms with E-state index in [2.05, 4.69) is 17.9 Å². The summed E-state index contributed by atoms with van der Waals surface area (Å²) in [5.41, 5.74) is 1.00. The van der Waals surface area contributed by atoms with Crippen LogP contribution >= 0.6 is 23.1 Å². The van der Waals surface area contributed by atoms with Gasteiger partial charge in [-0.2, -0.15) is 0 Å². The predicted octanol–water partition coefficient (Wildman–Crippen LogP) is 3.39. The Morgan fingerprint density at radius 3 is 2.95 bits per heavy atom. The number of aliphatic hydroxyl groups excluding tert-OH is 1. The Hall–Kier alpha value is -1.41. The van der Waals surface area contributed by atoms with Crippen LogP contribution < -0.4 is 4.74 Å². The minimum absolute atomic E-state index is 0.102. The van der Waals surface area contributed by atoms with Crippen LogP contribution in [-0.4, -0.2) is 18.8 Å². The molecule has 0 amide bonds. The highest BCUT2D eigenvalue weighted by Gasteiger charge is 2.06. The number of ether oxygens (including phenoxy) is 1. The zero-order valence-corrected chi connectivity index (χ0v) is 12.2. The topological polar surface area (TPSA) is 29.5 Å². The molecule has 0 aliphatic heterocycles. The number of benzene rings is 1. The fraction of sp³-hybridized carbons (Fsp3) is 0.200. The first-order valence-corrected chi connectivity index (χ1v) is 7.63. The highest BCUT2D eigenvalue weighted by atomic mass is 32.2. The second-order valence-corrected chi connectivity index (χ2v) is 5.67. The first-order chi connectivity index (χ1) is 9.35. The van der Waals surface area contributed by atoms with Crippen LogP contribution in [0, 0.1) is 11.8 Å². The summed E-state index contributed by atoms with van der Waals surface area (Å²) >= 11 is 3.42. The van der Waals surface area contributed by atoms with E-state index in [1.165, 1.54) is 4.88 Å². The van der Waals surface area contributed by atoms with E-state index in [4.69, 9.17) is 9.84 Å². The molecule has 4 heteroatoms. The van der Waals surface area contributed by atoms with Gasteiger partial charge in [-0.1, -0.05) is 24.0 Å². The zero-order chi connectivity index (χ0) is 13.5. The molecule has 1 aromatic heterocycles. The molecule has 1 N–H and O–H groups in total. The van der Waals surface area contributed by atoms with Crippen molar-refractivity contribution < 1.29 is 9.84 Å². The number of para-hydroxylation sites is 1. The van der Waals surface area contributed by atoms with Crippen LogP contribution in [0.1, 0.15) is 10.4 Å². The summed E-state index contributed by atoms with van der Waals surface area (Å²) in [5, 5.41) is 10.8. The summed E-state index contributed by atoms with van der Waals surface area (Å²) in [4.78, 5) is 2.34. The lowest BCUT2D eigenvalue weighted by Crippen LogP contribution is -1.86. The Bertz CT molecular complexity index is 593. The zero-order valence-electron chi connectivity index (χ0n) is 10.6. The van der Waals surface area contributed by atoms with Gasteiger partial charge in [-0.25, -0.2) is 0 Å². The number of hydrogen-bond acceptors (Lipinski definition) is 4. The normalized spacial score (nSPS) is 9.79. The standard InChI is InChI=1S/C15H14O2S2/c1-17-13-6-2-3-7-14(13)19-11-15-12(5-4-9-16)8-10-18-15/h2-3,6-8,10,16H,9,11H2,1H3. The molecule has 2 aromatic rings. The van der Waals surface area contributed by atoms with Crippen LogP contribution in [0.15, 0.2) is 40.6 Å². The van der Waals surface area contributed by atoms with Gasteiger partial charge in [0.1, 0.15) is 12.4 Å². The van der Waals surface area contributed by atoms with Crippen molar-refractivity contribution in [2.45, 2.75) is 10.6 Å². The molecular weight excluding hydrogens is 276 g/mol. The van der Waals surface area contributed by atoms with Crippen LogP contribution in [-0.2, 0) is 5.75 Å². The SMILES string of the molecule is COc1ccccc1SCc1sccc1C#CCO. The van der Waals surface area contributed by atoms with E-state index in [1.54, 1.807) is 30.2 Å². The van der Waals surface area contributed by atoms with E-state index < -0.39 is 0 Å². The van der Waals surface area contributed by atoms with Gasteiger partial charge in [-0.3, -0.25) is 0 Å². The Morgan fingerprint density at radius 2 is 2.16 bits per heavy atom. The van der Waals surface area contributed by atoms with Gasteiger partial charge >= 0.3 is 0 Å². The minimum Gasteiger partial charge on any atom is -0.496 e. The van der Waals surface area contributed by atoms with Crippen LogP contribution in [0.25, 0.3) is 0 Å². The molecule has 2 rings (SSSR count). The van der Waals surface area contributed by atoms with Crippen molar-refractivity contribution in [1.82, 2.24) is 0 Å². The van der Waals surface area contributed by atoms with Crippen molar-refractivity contribution in [3.8, 4) is 17.6 Å². The Kier molecular flexibility index (Phi) is 5.34. The number of thiophene rings is 1. The van der Waals surface area contributed by atoms with Gasteiger partial charge < -0.3 is 9.84 Å². The molecule has 19 heavy (non-hydrogen) atoms. The van der Waals surface area contributed by atoms with E-state index in [-0.39, 0.29) is 6.61 Å². The van der Waals surface area contributed by atoms with Gasteiger partial charge in [0, 0.05) is 21.1 Å². The number of thioether (sulfide) groups is 1. The molecule has 0 aliphatic rings. The third-order valence-electron chi connectivity index (χ3n) is 2.48. The smallest absolute Gasteiger partial charge is 0.132 e. The molecule has 1 heterocycles. The summed E-state index contributed by atoms with van der Waals surface area (Å²) in [7, 11) is 1.68. The van der Waals surface area contributed by atoms with Gasteiger partial charge in [0.05, 0.1) is 7.11 Å². The maximum atomic E-state index is 8.74. The van der Waals surface area contributed by atoms with E-state index in [1.807, 2.05) is 29.6 Å². The third kappa shape index (κ3) is 3.77. The molecule has 1 aromatic carbocycles. The highest BCUT2D eigenvalue weighted by Crippen LogP contribution is 2.33. The van der Waals surface area contributed by atoms with Crippen LogP contribution in [0.5, 0.6) is 5.75 Å². The second kappa shape index (κ2) is 7.25. The lowest BCUT2D eigenvalue weighted by molar-refractivity contribution is 0.350. The van der Waals surface area contributed by atoms with E-state index in [9.17, 15) is 0 Å². The van der Waals surface area contributed by atoms with E-state index in [0.717, 1.165) is 22.0 Å². The summed E-state index contributed by atoms with van der Waals surface area (Å²) in [6, 6.07) is 9.98. The average molecular weight is 290 g/mol. The Labute approximate surface area is 121 Å². The molecule has 98 valence electrons. The van der Waals surface area contributed by atoms with Crippen molar-refractivity contribution in [2.75, 3.05) is 13.7 Å². The second-order valence-electron chi connectivity index (χ2n) is 3.66. The number of hydrogen-bond donors (Lipinski definition) is 1. The van der Waals surface area contributed by atoms with E-state index in [0.29, 0.717) is 0 Å². The summed E-state index contributed by atoms with van der Waals surface area (Å²) in [6.45, 7) is -0.102. The van der Waals surface area contributed by atoms with Gasteiger partial charge in [0.2, 0.25) is 0 Å². The van der Waals surface area contributed by atoms with E-state index >= 15 is 0 Å². The molecule has 0 fully saturated rings. The molecule has 0 atom stereocenters. The molecule has 0 saturated carbocycles. The first-order valence-electron chi connectivity index (χ1n) is 5.77. The van der Waals surface area contributed by atoms with Gasteiger partial charge in [0.25, 0.3) is 0 Å². The van der Waals surface area contributed by atoms with Crippen molar-refractivity contribution >= 4 is 23.1 Å². The maximum Gasteiger partial charge on any atom is 0.132 e. The molecule has 0 saturated heterocycles. The van der Waals surface area contributed by atoms with Crippen molar-refractivity contribution in [2.24, 2.45) is 0 Å². The predicted molar refractivity (Wildman–Crippen MR) is 80.8 cm³/mol. The number of aliphatic hydroxyl groups is 1. The Balaban J connectivity index is 2.08. The minimum atomic E-state index is -0.102. The fourth-order valence-electron chi connectivity index (χ4n) is 1.58. The maximum absolute atomic E-state index is 8.74. The summed E-state index contributed by atoms with van der Waals surface area (Å²) in [5.74, 6) is 7.41. The molecule has 0 aliphatic carbocycles. The number of rotatable bonds is 4. The molecule has 0 bridgehead atoms. The quantitative estimate of drug-likeness (QED) is 0.691. The summed E-state index contributed by atoms with van der Waals surface area (Å²) in [6.07, 6.45) is 0. The molecule has 0 spiro atoms. The molecular formula is C15H14O2S2. The van der Waals surface area contributed by atoms with Crippen LogP contribution in [0.4, 0.5) is 0 Å². The van der Waals surface area contributed by atoms with Crippen molar-refractivity contribution in [3.63, 3.8) is 0 Å². The van der Waals surface area contributed by atoms with Gasteiger partial charge in [-0.05, 0) is 23.6 Å². The summed E-state index contributed by atoms with van der Waals surface area (Å²) < 4.78 is 5.33. The van der Waals surface area contributed by atoms with Crippen molar-refractivity contribution in [3.05, 3.63) is 46.2 Å². The van der Waals surface area contributed by atoms with Gasteiger partial charge in [0.15, 0.2) is 0 Å². The highest BCUT2D eigenvalue weighted by molar-refractivity contribution is 7.98. The lowest BCUT2D eigenvalue weighted by Gasteiger charge is -2.06. The molecule has 0 unspecified atom stereocenters. The molecule has 2 nitrogen and oxygen atoms in total. The van der Waals surface area contributed by atoms with Crippen molar-refractivity contribution in [1.29, 1.82) is 0 Å². The lowest BCUT2D eigenvalue weighted by atomic mass is 10.3. The Morgan fingerprint density at radius 1 is 1.32 bits per heavy atom. The van der Waals surface area contributed by atoms with Gasteiger partial charge in [-0.15, -0.1) is 23.1 Å². The van der Waals surface area contributed by atoms with Crippen LogP contribution in [0.3, 0.4) is 0 Å². The monoisotopic (exact) mass is 290 g/mol. The fourth-order valence-corrected chi connectivity index (χ4v) is 3.55. The first kappa shape index (κ1) is 14.0. The average Bonchev–Trinajstić information content (AvgIpc) is 2.90. The largest absolute Gasteiger partial charge is 0.496 e.